The zero-order chi connectivity index (χ0) is 10.8. The number of fused-ring (bicyclic) bond motifs is 1. The molecule has 0 N–H and O–H groups in total. The molecule has 1 aliphatic rings. The molecule has 1 aromatic carbocycles. The van der Waals surface area contributed by atoms with E-state index in [1.54, 1.807) is 6.26 Å². The first kappa shape index (κ1) is 9.52. The Bertz CT molecular complexity index is 461. The highest BCUT2D eigenvalue weighted by atomic mass is 16.3. The topological polar surface area (TPSA) is 16.4 Å². The normalized spacial score (nSPS) is 14.9. The zero-order valence-electron chi connectivity index (χ0n) is 9.23. The number of para-hydroxylation sites is 1. The van der Waals surface area contributed by atoms with Gasteiger partial charge in [-0.2, -0.15) is 0 Å². The molecule has 2 aromatic rings. The summed E-state index contributed by atoms with van der Waals surface area (Å²) >= 11 is 0. The maximum atomic E-state index is 5.41. The van der Waals surface area contributed by atoms with Crippen LogP contribution in [0.3, 0.4) is 0 Å². The molecule has 0 amide bonds. The van der Waals surface area contributed by atoms with Crippen molar-refractivity contribution in [3.05, 3.63) is 54.0 Å². The van der Waals surface area contributed by atoms with E-state index in [2.05, 4.69) is 29.2 Å². The first-order chi connectivity index (χ1) is 7.93. The highest BCUT2D eigenvalue weighted by Crippen LogP contribution is 2.27. The van der Waals surface area contributed by atoms with E-state index in [-0.39, 0.29) is 0 Å². The second-order valence-corrected chi connectivity index (χ2v) is 4.23. The Morgan fingerprint density at radius 1 is 1.12 bits per heavy atom. The van der Waals surface area contributed by atoms with Crippen LogP contribution in [0.1, 0.15) is 17.7 Å². The molecular formula is C14H15NO. The molecular weight excluding hydrogens is 198 g/mol. The van der Waals surface area contributed by atoms with Crippen LogP contribution in [-0.4, -0.2) is 6.54 Å². The Balaban J connectivity index is 1.87. The largest absolute Gasteiger partial charge is 0.467 e. The van der Waals surface area contributed by atoms with E-state index in [9.17, 15) is 0 Å². The number of furan rings is 1. The SMILES string of the molecule is c1coc(CN2CCCc3ccccc32)c1. The average Bonchev–Trinajstić information content (AvgIpc) is 2.82. The number of anilines is 1. The molecule has 82 valence electrons. The number of benzene rings is 1. The summed E-state index contributed by atoms with van der Waals surface area (Å²) in [7, 11) is 0. The molecule has 0 fully saturated rings. The van der Waals surface area contributed by atoms with Crippen molar-refractivity contribution in [3.8, 4) is 0 Å². The summed E-state index contributed by atoms with van der Waals surface area (Å²) in [6, 6.07) is 12.7. The number of rotatable bonds is 2. The van der Waals surface area contributed by atoms with E-state index in [1.807, 2.05) is 12.1 Å². The van der Waals surface area contributed by atoms with Gasteiger partial charge in [-0.25, -0.2) is 0 Å². The van der Waals surface area contributed by atoms with Gasteiger partial charge in [-0.1, -0.05) is 18.2 Å². The Kier molecular flexibility index (Phi) is 2.41. The molecule has 1 aliphatic heterocycles. The van der Waals surface area contributed by atoms with Crippen LogP contribution in [0.25, 0.3) is 0 Å². The standard InChI is InChI=1S/C14H15NO/c1-2-8-14-12(5-1)6-3-9-15(14)11-13-7-4-10-16-13/h1-2,4-5,7-8,10H,3,6,9,11H2. The summed E-state index contributed by atoms with van der Waals surface area (Å²) in [6.45, 7) is 2.00. The molecule has 0 saturated heterocycles. The summed E-state index contributed by atoms with van der Waals surface area (Å²) < 4.78 is 5.41. The van der Waals surface area contributed by atoms with Crippen molar-refractivity contribution in [2.24, 2.45) is 0 Å². The van der Waals surface area contributed by atoms with Gasteiger partial charge in [-0.05, 0) is 36.6 Å². The third kappa shape index (κ3) is 1.71. The molecule has 0 saturated carbocycles. The second kappa shape index (κ2) is 4.05. The molecule has 2 nitrogen and oxygen atoms in total. The van der Waals surface area contributed by atoms with Crippen molar-refractivity contribution in [3.63, 3.8) is 0 Å². The van der Waals surface area contributed by atoms with Gasteiger partial charge in [0.25, 0.3) is 0 Å². The van der Waals surface area contributed by atoms with Crippen LogP contribution >= 0.6 is 0 Å². The molecule has 2 heterocycles. The van der Waals surface area contributed by atoms with Crippen LogP contribution < -0.4 is 4.90 Å². The maximum absolute atomic E-state index is 5.41. The molecule has 0 bridgehead atoms. The number of hydrogen-bond acceptors (Lipinski definition) is 2. The van der Waals surface area contributed by atoms with E-state index in [1.165, 1.54) is 24.1 Å². The van der Waals surface area contributed by atoms with Crippen LogP contribution in [0.2, 0.25) is 0 Å². The van der Waals surface area contributed by atoms with Gasteiger partial charge in [0.15, 0.2) is 0 Å². The van der Waals surface area contributed by atoms with Crippen LogP contribution in [0.4, 0.5) is 5.69 Å². The average molecular weight is 213 g/mol. The first-order valence-electron chi connectivity index (χ1n) is 5.79. The Morgan fingerprint density at radius 3 is 2.94 bits per heavy atom. The first-order valence-corrected chi connectivity index (χ1v) is 5.79. The molecule has 3 rings (SSSR count). The molecule has 0 unspecified atom stereocenters. The minimum Gasteiger partial charge on any atom is -0.467 e. The predicted octanol–water partition coefficient (Wildman–Crippen LogP) is 3.23. The lowest BCUT2D eigenvalue weighted by Gasteiger charge is -2.30. The van der Waals surface area contributed by atoms with Gasteiger partial charge in [0.2, 0.25) is 0 Å². The molecule has 16 heavy (non-hydrogen) atoms. The summed E-state index contributed by atoms with van der Waals surface area (Å²) in [5.41, 5.74) is 2.82. The van der Waals surface area contributed by atoms with Crippen LogP contribution in [-0.2, 0) is 13.0 Å². The lowest BCUT2D eigenvalue weighted by atomic mass is 10.0. The summed E-state index contributed by atoms with van der Waals surface area (Å²) in [5, 5.41) is 0. The summed E-state index contributed by atoms with van der Waals surface area (Å²) in [4.78, 5) is 2.40. The fourth-order valence-corrected chi connectivity index (χ4v) is 2.37. The monoisotopic (exact) mass is 213 g/mol. The molecule has 0 atom stereocenters. The Hall–Kier alpha value is -1.70. The van der Waals surface area contributed by atoms with E-state index in [4.69, 9.17) is 4.42 Å². The van der Waals surface area contributed by atoms with Crippen molar-refractivity contribution in [2.45, 2.75) is 19.4 Å². The van der Waals surface area contributed by atoms with Crippen molar-refractivity contribution < 1.29 is 4.42 Å². The van der Waals surface area contributed by atoms with Gasteiger partial charge < -0.3 is 9.32 Å². The third-order valence-corrected chi connectivity index (χ3v) is 3.13. The summed E-state index contributed by atoms with van der Waals surface area (Å²) in [6.07, 6.45) is 4.17. The van der Waals surface area contributed by atoms with E-state index in [0.29, 0.717) is 0 Å². The molecule has 2 heteroatoms. The van der Waals surface area contributed by atoms with Gasteiger partial charge in [0.1, 0.15) is 5.76 Å². The van der Waals surface area contributed by atoms with Gasteiger partial charge in [-0.15, -0.1) is 0 Å². The van der Waals surface area contributed by atoms with Crippen molar-refractivity contribution in [1.29, 1.82) is 0 Å². The number of hydrogen-bond donors (Lipinski definition) is 0. The van der Waals surface area contributed by atoms with Crippen molar-refractivity contribution in [1.82, 2.24) is 0 Å². The van der Waals surface area contributed by atoms with Crippen LogP contribution in [0.15, 0.2) is 47.1 Å². The van der Waals surface area contributed by atoms with Gasteiger partial charge in [0.05, 0.1) is 12.8 Å². The van der Waals surface area contributed by atoms with Crippen molar-refractivity contribution >= 4 is 5.69 Å². The lowest BCUT2D eigenvalue weighted by molar-refractivity contribution is 0.498. The highest BCUT2D eigenvalue weighted by Gasteiger charge is 2.16. The Morgan fingerprint density at radius 2 is 2.06 bits per heavy atom. The van der Waals surface area contributed by atoms with Crippen LogP contribution in [0.5, 0.6) is 0 Å². The third-order valence-electron chi connectivity index (χ3n) is 3.13. The smallest absolute Gasteiger partial charge is 0.123 e. The summed E-state index contributed by atoms with van der Waals surface area (Å²) in [5.74, 6) is 1.04. The van der Waals surface area contributed by atoms with Gasteiger partial charge in [0, 0.05) is 12.2 Å². The van der Waals surface area contributed by atoms with Gasteiger partial charge in [-0.3, -0.25) is 0 Å². The van der Waals surface area contributed by atoms with Crippen molar-refractivity contribution in [2.75, 3.05) is 11.4 Å². The van der Waals surface area contributed by atoms with Gasteiger partial charge >= 0.3 is 0 Å². The molecule has 1 aromatic heterocycles. The zero-order valence-corrected chi connectivity index (χ0v) is 9.23. The maximum Gasteiger partial charge on any atom is 0.123 e. The van der Waals surface area contributed by atoms with E-state index in [0.717, 1.165) is 18.8 Å². The van der Waals surface area contributed by atoms with E-state index < -0.39 is 0 Å². The van der Waals surface area contributed by atoms with E-state index >= 15 is 0 Å². The fraction of sp³-hybridized carbons (Fsp3) is 0.286. The minimum absolute atomic E-state index is 0.879. The minimum atomic E-state index is 0.879. The number of nitrogens with zero attached hydrogens (tertiary/aromatic N) is 1. The molecule has 0 spiro atoms. The molecule has 0 radical (unpaired) electrons. The fourth-order valence-electron chi connectivity index (χ4n) is 2.37. The quantitative estimate of drug-likeness (QED) is 0.761. The predicted molar refractivity (Wildman–Crippen MR) is 64.5 cm³/mol. The highest BCUT2D eigenvalue weighted by molar-refractivity contribution is 5.55. The second-order valence-electron chi connectivity index (χ2n) is 4.23. The lowest BCUT2D eigenvalue weighted by Crippen LogP contribution is -2.28. The number of aryl methyl sites for hydroxylation is 1. The Labute approximate surface area is 95.5 Å². The van der Waals surface area contributed by atoms with Crippen LogP contribution in [0, 0.1) is 0 Å². The molecule has 0 aliphatic carbocycles.